The molecule has 0 spiro atoms. The zero-order valence-electron chi connectivity index (χ0n) is 7.20. The second-order valence-electron chi connectivity index (χ2n) is 2.85. The van der Waals surface area contributed by atoms with E-state index in [1.54, 1.807) is 0 Å². The van der Waals surface area contributed by atoms with Gasteiger partial charge in [-0.1, -0.05) is 15.9 Å². The summed E-state index contributed by atoms with van der Waals surface area (Å²) in [5.41, 5.74) is 6.18. The fourth-order valence-electron chi connectivity index (χ4n) is 1.17. The van der Waals surface area contributed by atoms with Crippen molar-refractivity contribution in [3.63, 3.8) is 0 Å². The molecule has 1 heterocycles. The second-order valence-corrected chi connectivity index (χ2v) is 3.76. The smallest absolute Gasteiger partial charge is 0.294 e. The van der Waals surface area contributed by atoms with E-state index >= 15 is 0 Å². The molecule has 72 valence electrons. The number of aromatic amines is 1. The van der Waals surface area contributed by atoms with E-state index < -0.39 is 0 Å². The first-order valence-corrected chi connectivity index (χ1v) is 4.79. The number of rotatable bonds is 1. The van der Waals surface area contributed by atoms with Crippen molar-refractivity contribution in [2.75, 3.05) is 5.73 Å². The molecule has 1 aromatic heterocycles. The van der Waals surface area contributed by atoms with Crippen LogP contribution in [0.15, 0.2) is 39.7 Å². The van der Waals surface area contributed by atoms with Crippen LogP contribution in [0, 0.1) is 0 Å². The quantitative estimate of drug-likeness (QED) is 0.810. The highest BCUT2D eigenvalue weighted by atomic mass is 79.9. The highest BCUT2D eigenvalue weighted by molar-refractivity contribution is 9.10. The van der Waals surface area contributed by atoms with Crippen LogP contribution in [0.2, 0.25) is 0 Å². The summed E-state index contributed by atoms with van der Waals surface area (Å²) in [6.07, 6.45) is 1.48. The molecule has 0 aliphatic carbocycles. The molecule has 0 saturated carbocycles. The molecule has 0 atom stereocenters. The van der Waals surface area contributed by atoms with Crippen LogP contribution in [0.25, 0.3) is 5.69 Å². The lowest BCUT2D eigenvalue weighted by Gasteiger charge is -2.00. The molecular weight excluding hydrogens is 246 g/mol. The second kappa shape index (κ2) is 3.34. The predicted molar refractivity (Wildman–Crippen MR) is 58.5 cm³/mol. The van der Waals surface area contributed by atoms with Gasteiger partial charge in [-0.3, -0.25) is 9.89 Å². The van der Waals surface area contributed by atoms with Gasteiger partial charge in [0.1, 0.15) is 5.69 Å². The number of halogens is 1. The number of benzene rings is 1. The van der Waals surface area contributed by atoms with E-state index in [0.29, 0.717) is 0 Å². The molecule has 2 aromatic rings. The van der Waals surface area contributed by atoms with Gasteiger partial charge in [-0.25, -0.2) is 4.68 Å². The Balaban J connectivity index is 2.55. The first-order valence-electron chi connectivity index (χ1n) is 4.00. The number of nitrogens with one attached hydrogen (secondary N) is 1. The largest absolute Gasteiger partial charge is 0.393 e. The summed E-state index contributed by atoms with van der Waals surface area (Å²) in [4.78, 5) is 11.4. The lowest BCUT2D eigenvalue weighted by molar-refractivity contribution is 0.849. The first-order chi connectivity index (χ1) is 6.68. The molecule has 0 amide bonds. The molecule has 4 nitrogen and oxygen atoms in total. The van der Waals surface area contributed by atoms with Crippen LogP contribution >= 0.6 is 15.9 Å². The third-order valence-electron chi connectivity index (χ3n) is 1.88. The Morgan fingerprint density at radius 2 is 1.93 bits per heavy atom. The first kappa shape index (κ1) is 9.08. The summed E-state index contributed by atoms with van der Waals surface area (Å²) in [7, 11) is 0. The molecule has 0 aliphatic rings. The molecule has 0 unspecified atom stereocenters. The lowest BCUT2D eigenvalue weighted by atomic mass is 10.3. The van der Waals surface area contributed by atoms with E-state index in [-0.39, 0.29) is 11.2 Å². The number of nitrogens with zero attached hydrogens (tertiary/aromatic N) is 1. The van der Waals surface area contributed by atoms with Crippen LogP contribution in [0.1, 0.15) is 0 Å². The van der Waals surface area contributed by atoms with Gasteiger partial charge in [-0.15, -0.1) is 0 Å². The molecule has 1 aromatic carbocycles. The Kier molecular flexibility index (Phi) is 2.17. The fourth-order valence-corrected chi connectivity index (χ4v) is 1.43. The highest BCUT2D eigenvalue weighted by Crippen LogP contribution is 2.12. The van der Waals surface area contributed by atoms with Crippen LogP contribution in [-0.2, 0) is 0 Å². The van der Waals surface area contributed by atoms with Gasteiger partial charge in [-0.2, -0.15) is 0 Å². The summed E-state index contributed by atoms with van der Waals surface area (Å²) in [6, 6.07) is 7.36. The van der Waals surface area contributed by atoms with E-state index in [0.717, 1.165) is 10.2 Å². The number of hydrogen-bond acceptors (Lipinski definition) is 2. The van der Waals surface area contributed by atoms with Crippen molar-refractivity contribution in [2.45, 2.75) is 0 Å². The fraction of sp³-hybridized carbons (Fsp3) is 0. The van der Waals surface area contributed by atoms with Crippen molar-refractivity contribution < 1.29 is 0 Å². The standard InChI is InChI=1S/C9H8BrN3O/c10-6-1-3-7(4-2-6)13-9(14)8(11)5-12-13/h1-5,12H,11H2. The van der Waals surface area contributed by atoms with Gasteiger partial charge in [0.2, 0.25) is 0 Å². The summed E-state index contributed by atoms with van der Waals surface area (Å²) in [5, 5.41) is 2.77. The van der Waals surface area contributed by atoms with Crippen LogP contribution in [0.3, 0.4) is 0 Å². The molecule has 14 heavy (non-hydrogen) atoms. The third kappa shape index (κ3) is 1.46. The van der Waals surface area contributed by atoms with E-state index in [4.69, 9.17) is 5.73 Å². The van der Waals surface area contributed by atoms with Crippen LogP contribution in [0.4, 0.5) is 5.69 Å². The highest BCUT2D eigenvalue weighted by Gasteiger charge is 2.03. The van der Waals surface area contributed by atoms with E-state index in [2.05, 4.69) is 21.0 Å². The number of aromatic nitrogens is 2. The number of nitrogen functional groups attached to an aromatic ring is 1. The Hall–Kier alpha value is -1.49. The third-order valence-corrected chi connectivity index (χ3v) is 2.41. The Morgan fingerprint density at radius 3 is 2.43 bits per heavy atom. The Morgan fingerprint density at radius 1 is 1.29 bits per heavy atom. The van der Waals surface area contributed by atoms with Crippen molar-refractivity contribution in [3.05, 3.63) is 45.3 Å². The molecular formula is C9H8BrN3O. The minimum absolute atomic E-state index is 0.216. The molecule has 3 N–H and O–H groups in total. The molecule has 0 bridgehead atoms. The van der Waals surface area contributed by atoms with Crippen molar-refractivity contribution in [2.24, 2.45) is 0 Å². The number of nitrogens with two attached hydrogens (primary N) is 1. The maximum absolute atomic E-state index is 11.4. The number of H-pyrrole nitrogens is 1. The van der Waals surface area contributed by atoms with Crippen molar-refractivity contribution in [1.29, 1.82) is 0 Å². The van der Waals surface area contributed by atoms with Gasteiger partial charge in [0, 0.05) is 10.7 Å². The lowest BCUT2D eigenvalue weighted by Crippen LogP contribution is -2.16. The molecule has 0 aliphatic heterocycles. The average Bonchev–Trinajstić information content (AvgIpc) is 2.50. The summed E-state index contributed by atoms with van der Waals surface area (Å²) in [5.74, 6) is 0. The van der Waals surface area contributed by atoms with Crippen molar-refractivity contribution in [1.82, 2.24) is 9.78 Å². The average molecular weight is 254 g/mol. The monoisotopic (exact) mass is 253 g/mol. The maximum atomic E-state index is 11.4. The molecule has 0 radical (unpaired) electrons. The Bertz CT molecular complexity index is 498. The molecule has 0 fully saturated rings. The van der Waals surface area contributed by atoms with Gasteiger partial charge in [0.15, 0.2) is 0 Å². The van der Waals surface area contributed by atoms with Gasteiger partial charge < -0.3 is 5.73 Å². The van der Waals surface area contributed by atoms with Gasteiger partial charge >= 0.3 is 0 Å². The topological polar surface area (TPSA) is 63.8 Å². The van der Waals surface area contributed by atoms with Crippen molar-refractivity contribution in [3.8, 4) is 5.69 Å². The van der Waals surface area contributed by atoms with E-state index in [1.165, 1.54) is 10.9 Å². The van der Waals surface area contributed by atoms with Crippen LogP contribution in [-0.4, -0.2) is 9.78 Å². The molecule has 5 heteroatoms. The van der Waals surface area contributed by atoms with Crippen LogP contribution < -0.4 is 11.3 Å². The van der Waals surface area contributed by atoms with Gasteiger partial charge in [0.05, 0.1) is 5.69 Å². The zero-order valence-corrected chi connectivity index (χ0v) is 8.78. The van der Waals surface area contributed by atoms with Gasteiger partial charge in [-0.05, 0) is 24.3 Å². The molecule has 2 rings (SSSR count). The van der Waals surface area contributed by atoms with Crippen molar-refractivity contribution >= 4 is 21.6 Å². The maximum Gasteiger partial charge on any atom is 0.294 e. The summed E-state index contributed by atoms with van der Waals surface area (Å²) >= 11 is 3.32. The summed E-state index contributed by atoms with van der Waals surface area (Å²) < 4.78 is 2.36. The normalized spacial score (nSPS) is 10.4. The zero-order chi connectivity index (χ0) is 10.1. The van der Waals surface area contributed by atoms with E-state index in [9.17, 15) is 4.79 Å². The summed E-state index contributed by atoms with van der Waals surface area (Å²) in [6.45, 7) is 0. The van der Waals surface area contributed by atoms with Crippen LogP contribution in [0.5, 0.6) is 0 Å². The van der Waals surface area contributed by atoms with E-state index in [1.807, 2.05) is 24.3 Å². The minimum Gasteiger partial charge on any atom is -0.393 e. The predicted octanol–water partition coefficient (Wildman–Crippen LogP) is 1.51. The molecule has 0 saturated heterocycles. The minimum atomic E-state index is -0.229. The number of anilines is 1. The number of hydrogen-bond donors (Lipinski definition) is 2. The SMILES string of the molecule is Nc1c[nH]n(-c2ccc(Br)cc2)c1=O. The Labute approximate surface area is 88.5 Å². The van der Waals surface area contributed by atoms with Gasteiger partial charge in [0.25, 0.3) is 5.56 Å².